The van der Waals surface area contributed by atoms with E-state index in [0.717, 1.165) is 24.7 Å². The van der Waals surface area contributed by atoms with Crippen molar-refractivity contribution < 1.29 is 14.3 Å². The van der Waals surface area contributed by atoms with Crippen LogP contribution >= 0.6 is 38.5 Å². The molecule has 5 nitrogen and oxygen atoms in total. The van der Waals surface area contributed by atoms with E-state index in [2.05, 4.69) is 49.9 Å². The van der Waals surface area contributed by atoms with Gasteiger partial charge in [0.15, 0.2) is 0 Å². The smallest absolute Gasteiger partial charge is 0.266 e. The lowest BCUT2D eigenvalue weighted by Crippen LogP contribution is -2.13. The molecule has 0 fully saturated rings. The first kappa shape index (κ1) is 27.4. The fourth-order valence-corrected chi connectivity index (χ4v) is 5.03. The molecule has 190 valence electrons. The zero-order valence-electron chi connectivity index (χ0n) is 20.6. The molecule has 0 unspecified atom stereocenters. The van der Waals surface area contributed by atoms with Crippen LogP contribution in [0.25, 0.3) is 6.08 Å². The molecule has 7 heteroatoms. The van der Waals surface area contributed by atoms with Crippen LogP contribution in [-0.2, 0) is 17.8 Å². The van der Waals surface area contributed by atoms with E-state index in [9.17, 15) is 10.1 Å². The van der Waals surface area contributed by atoms with Crippen LogP contribution in [0.5, 0.6) is 11.5 Å². The maximum atomic E-state index is 12.9. The number of carbonyl (C=O) groups is 1. The number of ether oxygens (including phenoxy) is 2. The summed E-state index contributed by atoms with van der Waals surface area (Å²) in [5.74, 6) is 0.895. The van der Waals surface area contributed by atoms with Gasteiger partial charge in [-0.3, -0.25) is 4.79 Å². The molecule has 0 saturated heterocycles. The Bertz CT molecular complexity index is 1500. The Balaban J connectivity index is 1.46. The monoisotopic (exact) mass is 678 g/mol. The van der Waals surface area contributed by atoms with Gasteiger partial charge in [-0.1, -0.05) is 64.5 Å². The first-order valence-electron chi connectivity index (χ1n) is 11.8. The zero-order valence-corrected chi connectivity index (χ0v) is 24.3. The Morgan fingerprint density at radius 2 is 1.74 bits per heavy atom. The fraction of sp³-hybridized carbons (Fsp3) is 0.0968. The third-order valence-corrected chi connectivity index (χ3v) is 7.49. The predicted octanol–water partition coefficient (Wildman–Crippen LogP) is 7.78. The highest BCUT2D eigenvalue weighted by atomic mass is 127. The molecule has 0 spiro atoms. The molecule has 1 N–H and O–H groups in total. The maximum absolute atomic E-state index is 12.9. The van der Waals surface area contributed by atoms with Gasteiger partial charge in [-0.15, -0.1) is 0 Å². The summed E-state index contributed by atoms with van der Waals surface area (Å²) in [7, 11) is 1.62. The number of methoxy groups -OCH3 is 1. The first-order valence-corrected chi connectivity index (χ1v) is 13.6. The highest BCUT2D eigenvalue weighted by Crippen LogP contribution is 2.31. The quantitative estimate of drug-likeness (QED) is 0.112. The minimum atomic E-state index is -0.489. The number of hydrogen-bond donors (Lipinski definition) is 1. The number of nitrogens with zero attached hydrogens (tertiary/aromatic N) is 1. The largest absolute Gasteiger partial charge is 0.496 e. The average molecular weight is 679 g/mol. The van der Waals surface area contributed by atoms with E-state index >= 15 is 0 Å². The Morgan fingerprint density at radius 3 is 2.42 bits per heavy atom. The minimum absolute atomic E-state index is 0.00851. The standard InChI is InChI=1S/C31H24BrIN2O3/c1-37-30-17-22(16-29(33)27(30)18-23-9-5-6-10-28(23)32)15-24(19-34)31(36)35-25-11-13-26(14-12-25)38-20-21-7-3-2-4-8-21/h2-17H,18,20H2,1H3,(H,35,36)/b24-15+. The van der Waals surface area contributed by atoms with Gasteiger partial charge in [0.2, 0.25) is 0 Å². The molecule has 0 aliphatic rings. The summed E-state index contributed by atoms with van der Waals surface area (Å²) >= 11 is 5.87. The lowest BCUT2D eigenvalue weighted by molar-refractivity contribution is -0.112. The number of halogens is 2. The Labute approximate surface area is 244 Å². The second kappa shape index (κ2) is 13.3. The van der Waals surface area contributed by atoms with Crippen LogP contribution in [0, 0.1) is 14.9 Å². The van der Waals surface area contributed by atoms with Crippen LogP contribution < -0.4 is 14.8 Å². The van der Waals surface area contributed by atoms with Crippen LogP contribution in [0.3, 0.4) is 0 Å². The van der Waals surface area contributed by atoms with E-state index in [1.54, 1.807) is 37.5 Å². The molecule has 0 aliphatic carbocycles. The van der Waals surface area contributed by atoms with Gasteiger partial charge in [-0.25, -0.2) is 0 Å². The van der Waals surface area contributed by atoms with Gasteiger partial charge in [0.1, 0.15) is 29.7 Å². The number of benzene rings is 4. The van der Waals surface area contributed by atoms with Gasteiger partial charge in [0.25, 0.3) is 5.91 Å². The first-order chi connectivity index (χ1) is 18.5. The van der Waals surface area contributed by atoms with Crippen molar-refractivity contribution in [1.29, 1.82) is 5.26 Å². The Kier molecular flexibility index (Phi) is 9.57. The van der Waals surface area contributed by atoms with Crippen molar-refractivity contribution in [2.24, 2.45) is 0 Å². The van der Waals surface area contributed by atoms with Crippen molar-refractivity contribution in [2.45, 2.75) is 13.0 Å². The molecule has 0 bridgehead atoms. The van der Waals surface area contributed by atoms with E-state index in [4.69, 9.17) is 9.47 Å². The number of anilines is 1. The minimum Gasteiger partial charge on any atom is -0.496 e. The summed E-state index contributed by atoms with van der Waals surface area (Å²) in [6, 6.07) is 30.8. The number of amides is 1. The van der Waals surface area contributed by atoms with Gasteiger partial charge >= 0.3 is 0 Å². The van der Waals surface area contributed by atoms with Crippen molar-refractivity contribution in [1.82, 2.24) is 0 Å². The molecule has 4 aromatic carbocycles. The van der Waals surface area contributed by atoms with Crippen LogP contribution in [0.1, 0.15) is 22.3 Å². The highest BCUT2D eigenvalue weighted by molar-refractivity contribution is 14.1. The summed E-state index contributed by atoms with van der Waals surface area (Å²) < 4.78 is 13.5. The van der Waals surface area contributed by atoms with E-state index in [1.807, 2.05) is 66.7 Å². The average Bonchev–Trinajstić information content (AvgIpc) is 2.94. The van der Waals surface area contributed by atoms with Crippen molar-refractivity contribution in [2.75, 3.05) is 12.4 Å². The molecule has 0 atom stereocenters. The fourth-order valence-electron chi connectivity index (χ4n) is 3.79. The molecule has 0 saturated carbocycles. The molecular weight excluding hydrogens is 655 g/mol. The molecule has 0 aromatic heterocycles. The second-order valence-electron chi connectivity index (χ2n) is 8.37. The van der Waals surface area contributed by atoms with Crippen LogP contribution in [0.4, 0.5) is 5.69 Å². The number of rotatable bonds is 9. The third-order valence-electron chi connectivity index (χ3n) is 5.76. The molecule has 4 rings (SSSR count). The van der Waals surface area contributed by atoms with Crippen molar-refractivity contribution in [3.05, 3.63) is 127 Å². The summed E-state index contributed by atoms with van der Waals surface area (Å²) in [5, 5.41) is 12.5. The van der Waals surface area contributed by atoms with Crippen LogP contribution in [0.2, 0.25) is 0 Å². The Morgan fingerprint density at radius 1 is 1.03 bits per heavy atom. The lowest BCUT2D eigenvalue weighted by atomic mass is 10.0. The van der Waals surface area contributed by atoms with Crippen LogP contribution in [-0.4, -0.2) is 13.0 Å². The molecule has 0 heterocycles. The van der Waals surface area contributed by atoms with Crippen molar-refractivity contribution in [3.63, 3.8) is 0 Å². The van der Waals surface area contributed by atoms with E-state index in [0.29, 0.717) is 35.8 Å². The van der Waals surface area contributed by atoms with Gasteiger partial charge in [-0.2, -0.15) is 5.26 Å². The third kappa shape index (κ3) is 7.24. The molecule has 4 aromatic rings. The number of nitrogens with one attached hydrogen (secondary N) is 1. The molecule has 1 amide bonds. The molecular formula is C31H24BrIN2O3. The van der Waals surface area contributed by atoms with E-state index < -0.39 is 5.91 Å². The van der Waals surface area contributed by atoms with Crippen molar-refractivity contribution in [3.8, 4) is 17.6 Å². The lowest BCUT2D eigenvalue weighted by Gasteiger charge is -2.13. The summed E-state index contributed by atoms with van der Waals surface area (Å²) in [6.07, 6.45) is 2.25. The van der Waals surface area contributed by atoms with Gasteiger partial charge in [-0.05, 0) is 87.8 Å². The number of carbonyl (C=O) groups excluding carboxylic acids is 1. The summed E-state index contributed by atoms with van der Waals surface area (Å²) in [6.45, 7) is 0.456. The topological polar surface area (TPSA) is 71.3 Å². The van der Waals surface area contributed by atoms with E-state index in [1.165, 1.54) is 0 Å². The van der Waals surface area contributed by atoms with Gasteiger partial charge in [0, 0.05) is 25.7 Å². The number of hydrogen-bond acceptors (Lipinski definition) is 4. The Hall–Kier alpha value is -3.61. The normalized spacial score (nSPS) is 10.9. The summed E-state index contributed by atoms with van der Waals surface area (Å²) in [4.78, 5) is 12.9. The zero-order chi connectivity index (χ0) is 26.9. The van der Waals surface area contributed by atoms with Crippen molar-refractivity contribution >= 4 is 56.2 Å². The highest BCUT2D eigenvalue weighted by Gasteiger charge is 2.14. The van der Waals surface area contributed by atoms with Gasteiger partial charge in [0.05, 0.1) is 7.11 Å². The number of nitriles is 1. The second-order valence-corrected chi connectivity index (χ2v) is 10.4. The predicted molar refractivity (Wildman–Crippen MR) is 162 cm³/mol. The maximum Gasteiger partial charge on any atom is 0.266 e. The SMILES string of the molecule is COc1cc(/C=C(\C#N)C(=O)Nc2ccc(OCc3ccccc3)cc2)cc(I)c1Cc1ccccc1Br. The molecule has 0 aliphatic heterocycles. The van der Waals surface area contributed by atoms with E-state index in [-0.39, 0.29) is 5.57 Å². The summed E-state index contributed by atoms with van der Waals surface area (Å²) in [5.41, 5.74) is 4.51. The van der Waals surface area contributed by atoms with Gasteiger partial charge < -0.3 is 14.8 Å². The molecule has 38 heavy (non-hydrogen) atoms. The van der Waals surface area contributed by atoms with Crippen LogP contribution in [0.15, 0.2) is 101 Å². The molecule has 0 radical (unpaired) electrons.